The third-order valence-electron chi connectivity index (χ3n) is 8.43. The normalized spacial score (nSPS) is 11.9. The molecule has 0 unspecified atom stereocenters. The van der Waals surface area contributed by atoms with Crippen molar-refractivity contribution in [1.29, 1.82) is 0 Å². The van der Waals surface area contributed by atoms with Crippen LogP contribution in [0, 0.1) is 0 Å². The van der Waals surface area contributed by atoms with Crippen molar-refractivity contribution in [2.24, 2.45) is 0 Å². The van der Waals surface area contributed by atoms with E-state index in [9.17, 15) is 0 Å². The molecule has 2 aliphatic rings. The first-order chi connectivity index (χ1) is 20.3. The molecule has 2 heterocycles. The molecule has 190 valence electrons. The fourth-order valence-electron chi connectivity index (χ4n) is 6.55. The Morgan fingerprint density at radius 2 is 0.951 bits per heavy atom. The van der Waals surface area contributed by atoms with Crippen molar-refractivity contribution in [3.63, 3.8) is 0 Å². The summed E-state index contributed by atoms with van der Waals surface area (Å²) in [6, 6.07) is 49.5. The van der Waals surface area contributed by atoms with Crippen LogP contribution >= 0.6 is 0 Å². The van der Waals surface area contributed by atoms with Crippen molar-refractivity contribution in [2.45, 2.75) is 0 Å². The van der Waals surface area contributed by atoms with E-state index < -0.39 is 0 Å². The predicted molar refractivity (Wildman–Crippen MR) is 172 cm³/mol. The molecule has 0 bridgehead atoms. The van der Waals surface area contributed by atoms with Crippen LogP contribution in [-0.2, 0) is 0 Å². The van der Waals surface area contributed by atoms with Gasteiger partial charge in [0.15, 0.2) is 0 Å². The van der Waals surface area contributed by atoms with Gasteiger partial charge in [-0.25, -0.2) is 4.98 Å². The Hall–Kier alpha value is -5.47. The standard InChI is InChI=1S/C39H23NO/c1-2-14-29-27(12-1)28-13-3-4-15-30(28)34-23-25(20-21-31(29)34)24-10-9-11-26(22-24)39-37-32-16-5-7-18-35(32)40-38(37)33-17-6-8-19-36(33)41-39/h1-23H. The Bertz CT molecular complexity index is 2400. The molecule has 0 saturated heterocycles. The highest BCUT2D eigenvalue weighted by molar-refractivity contribution is 6.25. The summed E-state index contributed by atoms with van der Waals surface area (Å²) >= 11 is 0. The zero-order valence-corrected chi connectivity index (χ0v) is 22.1. The monoisotopic (exact) mass is 521 g/mol. The summed E-state index contributed by atoms with van der Waals surface area (Å²) in [5, 5.41) is 9.84. The van der Waals surface area contributed by atoms with E-state index in [1.54, 1.807) is 0 Å². The summed E-state index contributed by atoms with van der Waals surface area (Å²) in [6.45, 7) is 0. The lowest BCUT2D eigenvalue weighted by atomic mass is 9.91. The topological polar surface area (TPSA) is 26.0 Å². The van der Waals surface area contributed by atoms with Crippen LogP contribution in [-0.4, -0.2) is 4.98 Å². The number of fused-ring (bicyclic) bond motifs is 11. The van der Waals surface area contributed by atoms with Gasteiger partial charge in [-0.15, -0.1) is 0 Å². The number of nitrogens with zero attached hydrogens (tertiary/aromatic N) is 1. The van der Waals surface area contributed by atoms with Gasteiger partial charge < -0.3 is 4.42 Å². The molecule has 0 N–H and O–H groups in total. The SMILES string of the molecule is c1cc(-c2ccc3c4ccccc4c4ccccc4c3c2)cc(-c2oc3ccccc3c3nc4ccccc4c2-3)c1. The van der Waals surface area contributed by atoms with Crippen molar-refractivity contribution in [3.8, 4) is 33.7 Å². The molecule has 0 saturated carbocycles. The third-order valence-corrected chi connectivity index (χ3v) is 8.43. The summed E-state index contributed by atoms with van der Waals surface area (Å²) in [6.07, 6.45) is 0. The van der Waals surface area contributed by atoms with Crippen molar-refractivity contribution in [1.82, 2.24) is 4.98 Å². The lowest BCUT2D eigenvalue weighted by Gasteiger charge is -2.14. The number of hydrogen-bond acceptors (Lipinski definition) is 2. The number of benzene rings is 7. The van der Waals surface area contributed by atoms with Crippen LogP contribution < -0.4 is 0 Å². The number of aromatic nitrogens is 1. The van der Waals surface area contributed by atoms with Crippen molar-refractivity contribution in [3.05, 3.63) is 140 Å². The van der Waals surface area contributed by atoms with Crippen molar-refractivity contribution in [2.75, 3.05) is 0 Å². The molecule has 0 spiro atoms. The van der Waals surface area contributed by atoms with Crippen LogP contribution in [0.4, 0.5) is 0 Å². The average Bonchev–Trinajstić information content (AvgIpc) is 3.44. The highest BCUT2D eigenvalue weighted by atomic mass is 16.3. The van der Waals surface area contributed by atoms with Crippen LogP contribution in [0.2, 0.25) is 0 Å². The smallest absolute Gasteiger partial charge is 0.144 e. The second kappa shape index (κ2) is 8.51. The molecule has 41 heavy (non-hydrogen) atoms. The highest BCUT2D eigenvalue weighted by Crippen LogP contribution is 2.45. The lowest BCUT2D eigenvalue weighted by molar-refractivity contribution is 0.622. The van der Waals surface area contributed by atoms with E-state index in [2.05, 4.69) is 115 Å². The molecule has 0 radical (unpaired) electrons. The molecule has 2 heteroatoms. The zero-order chi connectivity index (χ0) is 26.9. The van der Waals surface area contributed by atoms with Gasteiger partial charge in [0.25, 0.3) is 0 Å². The Morgan fingerprint density at radius 1 is 0.390 bits per heavy atom. The molecule has 2 aliphatic heterocycles. The maximum Gasteiger partial charge on any atom is 0.144 e. The molecule has 7 aromatic rings. The third kappa shape index (κ3) is 3.28. The second-order valence-electron chi connectivity index (χ2n) is 10.7. The molecule has 0 aliphatic carbocycles. The second-order valence-corrected chi connectivity index (χ2v) is 10.7. The van der Waals surface area contributed by atoms with Crippen LogP contribution in [0.1, 0.15) is 0 Å². The molecule has 0 atom stereocenters. The molecule has 0 amide bonds. The zero-order valence-electron chi connectivity index (χ0n) is 22.1. The Labute approximate surface area is 236 Å². The number of para-hydroxylation sites is 2. The average molecular weight is 522 g/mol. The van der Waals surface area contributed by atoms with E-state index in [-0.39, 0.29) is 0 Å². The predicted octanol–water partition coefficient (Wildman–Crippen LogP) is 10.9. The van der Waals surface area contributed by atoms with E-state index >= 15 is 0 Å². The van der Waals surface area contributed by atoms with Crippen molar-refractivity contribution < 1.29 is 4.42 Å². The minimum atomic E-state index is 0.840. The van der Waals surface area contributed by atoms with Gasteiger partial charge in [0.05, 0.1) is 16.8 Å². The summed E-state index contributed by atoms with van der Waals surface area (Å²) in [5.41, 5.74) is 7.25. The molecular weight excluding hydrogens is 498 g/mol. The van der Waals surface area contributed by atoms with Gasteiger partial charge in [-0.2, -0.15) is 0 Å². The van der Waals surface area contributed by atoms with E-state index in [0.29, 0.717) is 0 Å². The van der Waals surface area contributed by atoms with Gasteiger partial charge in [0, 0.05) is 16.3 Å². The van der Waals surface area contributed by atoms with E-state index in [1.165, 1.54) is 37.9 Å². The van der Waals surface area contributed by atoms with Gasteiger partial charge in [-0.3, -0.25) is 0 Å². The fraction of sp³-hybridized carbons (Fsp3) is 0. The van der Waals surface area contributed by atoms with Gasteiger partial charge in [-0.1, -0.05) is 109 Å². The number of hydrogen-bond donors (Lipinski definition) is 0. The summed E-state index contributed by atoms with van der Waals surface area (Å²) in [5.74, 6) is 0.853. The lowest BCUT2D eigenvalue weighted by Crippen LogP contribution is -1.89. The van der Waals surface area contributed by atoms with E-state index in [0.717, 1.165) is 50.0 Å². The van der Waals surface area contributed by atoms with E-state index in [1.807, 2.05) is 24.3 Å². The Kier molecular flexibility index (Phi) is 4.64. The maximum absolute atomic E-state index is 6.65. The molecule has 0 fully saturated rings. The Balaban J connectivity index is 1.29. The summed E-state index contributed by atoms with van der Waals surface area (Å²) in [4.78, 5) is 5.04. The maximum atomic E-state index is 6.65. The molecule has 2 nitrogen and oxygen atoms in total. The first kappa shape index (κ1) is 22.4. The first-order valence-corrected chi connectivity index (χ1v) is 14.0. The van der Waals surface area contributed by atoms with Crippen molar-refractivity contribution >= 4 is 54.2 Å². The largest absolute Gasteiger partial charge is 0.455 e. The van der Waals surface area contributed by atoms with Crippen LogP contribution in [0.5, 0.6) is 0 Å². The fourth-order valence-corrected chi connectivity index (χ4v) is 6.55. The highest BCUT2D eigenvalue weighted by Gasteiger charge is 2.23. The summed E-state index contributed by atoms with van der Waals surface area (Å²) < 4.78 is 6.65. The van der Waals surface area contributed by atoms with Gasteiger partial charge in [0.1, 0.15) is 11.3 Å². The molecule has 0 aromatic heterocycles. The van der Waals surface area contributed by atoms with Gasteiger partial charge >= 0.3 is 0 Å². The Morgan fingerprint density at radius 3 is 1.71 bits per heavy atom. The van der Waals surface area contributed by atoms with Crippen LogP contribution in [0.15, 0.2) is 144 Å². The molecule has 7 aromatic carbocycles. The quantitative estimate of drug-likeness (QED) is 0.211. The molecular formula is C39H23NO. The van der Waals surface area contributed by atoms with E-state index in [4.69, 9.17) is 9.40 Å². The molecule has 9 rings (SSSR count). The van der Waals surface area contributed by atoms with Gasteiger partial charge in [-0.05, 0) is 73.8 Å². The summed E-state index contributed by atoms with van der Waals surface area (Å²) in [7, 11) is 0. The van der Waals surface area contributed by atoms with Crippen LogP contribution in [0.3, 0.4) is 0 Å². The number of rotatable bonds is 2. The van der Waals surface area contributed by atoms with Gasteiger partial charge in [0.2, 0.25) is 0 Å². The first-order valence-electron chi connectivity index (χ1n) is 14.0. The van der Waals surface area contributed by atoms with Crippen LogP contribution in [0.25, 0.3) is 87.9 Å². The minimum Gasteiger partial charge on any atom is -0.455 e. The minimum absolute atomic E-state index is 0.840.